The molecule has 1 aliphatic carbocycles. The molecule has 2 fully saturated rings. The zero-order chi connectivity index (χ0) is 22.7. The van der Waals surface area contributed by atoms with E-state index in [0.717, 1.165) is 21.9 Å². The Balaban J connectivity index is 1.26. The highest BCUT2D eigenvalue weighted by molar-refractivity contribution is 5.88. The molecule has 1 saturated carbocycles. The van der Waals surface area contributed by atoms with Crippen LogP contribution in [0.5, 0.6) is 0 Å². The molecule has 1 aliphatic heterocycles. The molecule has 9 heteroatoms. The molecule has 1 aromatic carbocycles. The Labute approximate surface area is 183 Å². The molecule has 0 bridgehead atoms. The summed E-state index contributed by atoms with van der Waals surface area (Å²) in [6.45, 7) is 1.60. The van der Waals surface area contributed by atoms with Crippen LogP contribution in [-0.2, 0) is 7.05 Å². The van der Waals surface area contributed by atoms with Gasteiger partial charge in [0.05, 0.1) is 17.7 Å². The number of fused-ring (bicyclic) bond motifs is 1. The van der Waals surface area contributed by atoms with Crippen LogP contribution in [0.3, 0.4) is 0 Å². The third-order valence-electron chi connectivity index (χ3n) is 6.85. The van der Waals surface area contributed by atoms with Crippen molar-refractivity contribution in [1.82, 2.24) is 19.7 Å². The van der Waals surface area contributed by atoms with E-state index in [-0.39, 0.29) is 32.5 Å². The number of halogens is 4. The largest absolute Gasteiger partial charge is 0.395 e. The zero-order valence-electron chi connectivity index (χ0n) is 18.0. The number of pyridine rings is 1. The van der Waals surface area contributed by atoms with E-state index >= 15 is 4.39 Å². The van der Waals surface area contributed by atoms with Crippen molar-refractivity contribution in [2.24, 2.45) is 12.5 Å². The molecule has 1 saturated heterocycles. The number of rotatable bonds is 6. The van der Waals surface area contributed by atoms with E-state index in [1.54, 1.807) is 28.9 Å². The Morgan fingerprint density at radius 2 is 1.84 bits per heavy atom. The number of nitrogens with zero attached hydrogens (tertiary/aromatic N) is 4. The summed E-state index contributed by atoms with van der Waals surface area (Å²) in [7, 11) is 1.86. The van der Waals surface area contributed by atoms with Gasteiger partial charge in [0, 0.05) is 50.0 Å². The number of aromatic nitrogens is 3. The van der Waals surface area contributed by atoms with Crippen LogP contribution in [0, 0.1) is 5.41 Å². The molecule has 0 amide bonds. The summed E-state index contributed by atoms with van der Waals surface area (Å²) in [5, 5.41) is 9.24. The van der Waals surface area contributed by atoms with Gasteiger partial charge in [-0.15, -0.1) is 0 Å². The lowest BCUT2D eigenvalue weighted by Gasteiger charge is -2.49. The van der Waals surface area contributed by atoms with Crippen molar-refractivity contribution >= 4 is 16.6 Å². The number of anilines is 1. The first kappa shape index (κ1) is 21.2. The first-order valence-corrected chi connectivity index (χ1v) is 10.7. The highest BCUT2D eigenvalue weighted by atomic mass is 19.4. The van der Waals surface area contributed by atoms with Gasteiger partial charge in [0.25, 0.3) is 0 Å². The fourth-order valence-corrected chi connectivity index (χ4v) is 4.51. The van der Waals surface area contributed by atoms with Crippen LogP contribution in [0.15, 0.2) is 42.9 Å². The number of aryl methyl sites for hydroxylation is 1. The standard InChI is InChI=1S/C23H25F4N5/c1-15(22(24)13-32(14-22)12-21(5-6-21)23(25,26)27)30-20-8-18-7-16(3-4-17(18)9-28-20)19-10-29-31(2)11-19/h3-4,7-11,15H,5-6,12-14H2,1-2H3,(H,28,30). The number of hydrogen-bond acceptors (Lipinski definition) is 4. The van der Waals surface area contributed by atoms with Gasteiger partial charge in [-0.05, 0) is 42.8 Å². The maximum absolute atomic E-state index is 15.3. The van der Waals surface area contributed by atoms with Gasteiger partial charge in [-0.3, -0.25) is 9.58 Å². The van der Waals surface area contributed by atoms with Crippen LogP contribution in [-0.4, -0.2) is 57.2 Å². The summed E-state index contributed by atoms with van der Waals surface area (Å²) in [5.74, 6) is 0.540. The van der Waals surface area contributed by atoms with Crippen molar-refractivity contribution in [2.75, 3.05) is 25.0 Å². The molecule has 1 atom stereocenters. The monoisotopic (exact) mass is 447 g/mol. The molecule has 3 aromatic rings. The predicted octanol–water partition coefficient (Wildman–Crippen LogP) is 4.80. The Morgan fingerprint density at radius 3 is 2.47 bits per heavy atom. The van der Waals surface area contributed by atoms with E-state index < -0.39 is 23.3 Å². The number of hydrogen-bond donors (Lipinski definition) is 1. The Kier molecular flexibility index (Phi) is 4.74. The average molecular weight is 447 g/mol. The van der Waals surface area contributed by atoms with Crippen molar-refractivity contribution in [1.29, 1.82) is 0 Å². The van der Waals surface area contributed by atoms with Crippen LogP contribution in [0.4, 0.5) is 23.4 Å². The van der Waals surface area contributed by atoms with Gasteiger partial charge in [-0.2, -0.15) is 18.3 Å². The van der Waals surface area contributed by atoms with Gasteiger partial charge in [-0.25, -0.2) is 9.37 Å². The third-order valence-corrected chi connectivity index (χ3v) is 6.85. The first-order chi connectivity index (χ1) is 15.1. The quantitative estimate of drug-likeness (QED) is 0.552. The van der Waals surface area contributed by atoms with Gasteiger partial charge >= 0.3 is 6.18 Å². The summed E-state index contributed by atoms with van der Waals surface area (Å²) in [6.07, 6.45) is 1.53. The number of benzene rings is 1. The maximum atomic E-state index is 15.3. The lowest BCUT2D eigenvalue weighted by Crippen LogP contribution is -2.67. The summed E-state index contributed by atoms with van der Waals surface area (Å²) < 4.78 is 56.6. The van der Waals surface area contributed by atoms with Crippen LogP contribution >= 0.6 is 0 Å². The predicted molar refractivity (Wildman–Crippen MR) is 115 cm³/mol. The molecule has 1 N–H and O–H groups in total. The topological polar surface area (TPSA) is 46.0 Å². The molecular formula is C23H25F4N5. The summed E-state index contributed by atoms with van der Waals surface area (Å²) >= 11 is 0. The van der Waals surface area contributed by atoms with Crippen molar-refractivity contribution in [2.45, 2.75) is 37.7 Å². The number of nitrogens with one attached hydrogen (secondary N) is 1. The van der Waals surface area contributed by atoms with Crippen LogP contribution in [0.2, 0.25) is 0 Å². The fraction of sp³-hybridized carbons (Fsp3) is 0.478. The highest BCUT2D eigenvalue weighted by Crippen LogP contribution is 2.58. The van der Waals surface area contributed by atoms with E-state index in [1.165, 1.54) is 0 Å². The third kappa shape index (κ3) is 3.72. The molecule has 0 spiro atoms. The number of likely N-dealkylation sites (tertiary alicyclic amines) is 1. The Hall–Kier alpha value is -2.68. The maximum Gasteiger partial charge on any atom is 0.395 e. The fourth-order valence-electron chi connectivity index (χ4n) is 4.51. The van der Waals surface area contributed by atoms with Gasteiger partial charge < -0.3 is 5.32 Å². The molecule has 5 nitrogen and oxygen atoms in total. The molecule has 5 rings (SSSR count). The summed E-state index contributed by atoms with van der Waals surface area (Å²) in [5.41, 5.74) is -1.20. The van der Waals surface area contributed by atoms with E-state index in [1.807, 2.05) is 37.5 Å². The first-order valence-electron chi connectivity index (χ1n) is 10.7. The molecular weight excluding hydrogens is 422 g/mol. The minimum Gasteiger partial charge on any atom is -0.364 e. The van der Waals surface area contributed by atoms with E-state index in [4.69, 9.17) is 0 Å². The second-order valence-corrected chi connectivity index (χ2v) is 9.36. The molecule has 1 unspecified atom stereocenters. The van der Waals surface area contributed by atoms with Gasteiger partial charge in [0.15, 0.2) is 5.67 Å². The second-order valence-electron chi connectivity index (χ2n) is 9.36. The lowest BCUT2D eigenvalue weighted by molar-refractivity contribution is -0.200. The van der Waals surface area contributed by atoms with Crippen LogP contribution in [0.25, 0.3) is 21.9 Å². The summed E-state index contributed by atoms with van der Waals surface area (Å²) in [6, 6.07) is 7.31. The highest BCUT2D eigenvalue weighted by Gasteiger charge is 2.65. The SMILES string of the molecule is CC(Nc1cc2cc(-c3cnn(C)c3)ccc2cn1)C1(F)CN(CC2(C(F)(F)F)CC2)C1. The summed E-state index contributed by atoms with van der Waals surface area (Å²) in [4.78, 5) is 5.97. The van der Waals surface area contributed by atoms with Crippen molar-refractivity contribution < 1.29 is 17.6 Å². The van der Waals surface area contributed by atoms with Gasteiger partial charge in [0.1, 0.15) is 5.82 Å². The molecule has 32 heavy (non-hydrogen) atoms. The van der Waals surface area contributed by atoms with Crippen LogP contribution in [0.1, 0.15) is 19.8 Å². The Bertz CT molecular complexity index is 1140. The lowest BCUT2D eigenvalue weighted by atomic mass is 9.87. The molecule has 3 heterocycles. The molecule has 170 valence electrons. The normalized spacial score (nSPS) is 20.7. The molecule has 2 aliphatic rings. The van der Waals surface area contributed by atoms with E-state index in [9.17, 15) is 13.2 Å². The van der Waals surface area contributed by atoms with E-state index in [0.29, 0.717) is 5.82 Å². The minimum atomic E-state index is -4.21. The number of alkyl halides is 4. The minimum absolute atomic E-state index is 0.00225. The second kappa shape index (κ2) is 7.16. The van der Waals surface area contributed by atoms with Crippen molar-refractivity contribution in [3.63, 3.8) is 0 Å². The van der Waals surface area contributed by atoms with Crippen LogP contribution < -0.4 is 5.32 Å². The zero-order valence-corrected chi connectivity index (χ0v) is 18.0. The molecule has 2 aromatic heterocycles. The van der Waals surface area contributed by atoms with Gasteiger partial charge in [0.2, 0.25) is 0 Å². The smallest absolute Gasteiger partial charge is 0.364 e. The van der Waals surface area contributed by atoms with Gasteiger partial charge in [-0.1, -0.05) is 12.1 Å². The Morgan fingerprint density at radius 1 is 1.09 bits per heavy atom. The molecule has 0 radical (unpaired) electrons. The van der Waals surface area contributed by atoms with Crippen molar-refractivity contribution in [3.8, 4) is 11.1 Å². The van der Waals surface area contributed by atoms with E-state index in [2.05, 4.69) is 15.4 Å². The average Bonchev–Trinajstić information content (AvgIpc) is 3.38. The van der Waals surface area contributed by atoms with Crippen molar-refractivity contribution in [3.05, 3.63) is 42.9 Å².